The second-order valence-corrected chi connectivity index (χ2v) is 4.61. The Bertz CT molecular complexity index is 184. The minimum Gasteiger partial charge on any atom is -0.393 e. The summed E-state index contributed by atoms with van der Waals surface area (Å²) < 4.78 is 10.9. The van der Waals surface area contributed by atoms with Gasteiger partial charge in [0, 0.05) is 26.3 Å². The van der Waals surface area contributed by atoms with Gasteiger partial charge in [0.15, 0.2) is 6.29 Å². The molecule has 4 heteroatoms. The largest absolute Gasteiger partial charge is 0.393 e. The van der Waals surface area contributed by atoms with Gasteiger partial charge in [0.2, 0.25) is 0 Å². The predicted molar refractivity (Wildman–Crippen MR) is 67.9 cm³/mol. The Morgan fingerprint density at radius 2 is 1.82 bits per heavy atom. The van der Waals surface area contributed by atoms with E-state index in [-0.39, 0.29) is 12.4 Å². The molecule has 102 valence electrons. The minimum atomic E-state index is -0.161. The highest BCUT2D eigenvalue weighted by Gasteiger charge is 2.22. The van der Waals surface area contributed by atoms with Crippen LogP contribution in [0.2, 0.25) is 0 Å². The lowest BCUT2D eigenvalue weighted by atomic mass is 9.86. The Morgan fingerprint density at radius 3 is 2.41 bits per heavy atom. The number of rotatable bonds is 8. The van der Waals surface area contributed by atoms with Crippen molar-refractivity contribution in [2.75, 3.05) is 26.3 Å². The third-order valence-corrected chi connectivity index (χ3v) is 3.29. The Balaban J connectivity index is 2.15. The third kappa shape index (κ3) is 5.82. The number of ether oxygens (including phenoxy) is 2. The summed E-state index contributed by atoms with van der Waals surface area (Å²) in [6.07, 6.45) is 4.19. The summed E-state index contributed by atoms with van der Waals surface area (Å²) in [5.74, 6) is 0.396. The van der Waals surface area contributed by atoms with E-state index < -0.39 is 0 Å². The zero-order valence-corrected chi connectivity index (χ0v) is 11.2. The van der Waals surface area contributed by atoms with Crippen molar-refractivity contribution >= 4 is 0 Å². The lowest BCUT2D eigenvalue weighted by Crippen LogP contribution is -2.38. The van der Waals surface area contributed by atoms with Gasteiger partial charge < -0.3 is 19.9 Å². The summed E-state index contributed by atoms with van der Waals surface area (Å²) in [7, 11) is 0. The molecule has 1 fully saturated rings. The second-order valence-electron chi connectivity index (χ2n) is 4.61. The summed E-state index contributed by atoms with van der Waals surface area (Å²) in [5.41, 5.74) is 0. The van der Waals surface area contributed by atoms with E-state index in [1.807, 2.05) is 13.8 Å². The van der Waals surface area contributed by atoms with Crippen molar-refractivity contribution in [2.24, 2.45) is 5.92 Å². The molecule has 0 saturated heterocycles. The van der Waals surface area contributed by atoms with Crippen molar-refractivity contribution in [3.63, 3.8) is 0 Å². The first-order valence-electron chi connectivity index (χ1n) is 6.89. The maximum Gasteiger partial charge on any atom is 0.169 e. The lowest BCUT2D eigenvalue weighted by molar-refractivity contribution is -0.133. The van der Waals surface area contributed by atoms with E-state index in [2.05, 4.69) is 5.32 Å². The molecule has 17 heavy (non-hydrogen) atoms. The van der Waals surface area contributed by atoms with Crippen LogP contribution >= 0.6 is 0 Å². The van der Waals surface area contributed by atoms with E-state index in [1.54, 1.807) is 0 Å². The molecule has 1 aliphatic carbocycles. The normalized spacial score (nSPS) is 25.4. The Morgan fingerprint density at radius 1 is 1.18 bits per heavy atom. The number of nitrogens with one attached hydrogen (secondary N) is 1. The molecule has 2 unspecified atom stereocenters. The van der Waals surface area contributed by atoms with Crippen LogP contribution in [0.5, 0.6) is 0 Å². The standard InChI is InChI=1S/C13H27NO3/c1-3-16-13(17-4-2)10-14-9-11-7-5-6-8-12(11)15/h11-15H,3-10H2,1-2H3. The van der Waals surface area contributed by atoms with E-state index in [9.17, 15) is 5.11 Å². The zero-order chi connectivity index (χ0) is 12.5. The molecule has 1 rings (SSSR count). The molecule has 0 radical (unpaired) electrons. The Hall–Kier alpha value is -0.160. The molecule has 0 amide bonds. The van der Waals surface area contributed by atoms with E-state index in [0.717, 1.165) is 25.8 Å². The molecule has 0 aromatic carbocycles. The van der Waals surface area contributed by atoms with Crippen LogP contribution in [0.15, 0.2) is 0 Å². The van der Waals surface area contributed by atoms with E-state index in [0.29, 0.717) is 25.7 Å². The van der Waals surface area contributed by atoms with Crippen LogP contribution in [0.25, 0.3) is 0 Å². The van der Waals surface area contributed by atoms with Gasteiger partial charge in [0.1, 0.15) is 0 Å². The van der Waals surface area contributed by atoms with Crippen molar-refractivity contribution in [1.29, 1.82) is 0 Å². The second kappa shape index (κ2) is 8.86. The minimum absolute atomic E-state index is 0.131. The molecule has 2 atom stereocenters. The third-order valence-electron chi connectivity index (χ3n) is 3.29. The number of hydrogen-bond acceptors (Lipinski definition) is 4. The summed E-state index contributed by atoms with van der Waals surface area (Å²) >= 11 is 0. The van der Waals surface area contributed by atoms with Crippen LogP contribution in [0, 0.1) is 5.92 Å². The monoisotopic (exact) mass is 245 g/mol. The molecule has 1 aliphatic rings. The van der Waals surface area contributed by atoms with Crippen LogP contribution in [0.1, 0.15) is 39.5 Å². The van der Waals surface area contributed by atoms with Gasteiger partial charge in [0.25, 0.3) is 0 Å². The zero-order valence-electron chi connectivity index (χ0n) is 11.2. The summed E-state index contributed by atoms with van der Waals surface area (Å²) in [5, 5.41) is 13.2. The van der Waals surface area contributed by atoms with Crippen LogP contribution in [-0.2, 0) is 9.47 Å². The maximum absolute atomic E-state index is 9.84. The Labute approximate surface area is 105 Å². The molecule has 0 aliphatic heterocycles. The predicted octanol–water partition coefficient (Wildman–Crippen LogP) is 1.53. The van der Waals surface area contributed by atoms with E-state index in [4.69, 9.17) is 9.47 Å². The van der Waals surface area contributed by atoms with Gasteiger partial charge in [-0.2, -0.15) is 0 Å². The van der Waals surface area contributed by atoms with Gasteiger partial charge in [-0.25, -0.2) is 0 Å². The number of aliphatic hydroxyl groups is 1. The van der Waals surface area contributed by atoms with Gasteiger partial charge in [-0.15, -0.1) is 0 Å². The molecule has 4 nitrogen and oxygen atoms in total. The van der Waals surface area contributed by atoms with Gasteiger partial charge in [-0.3, -0.25) is 0 Å². The smallest absolute Gasteiger partial charge is 0.169 e. The summed E-state index contributed by atoms with van der Waals surface area (Å²) in [6, 6.07) is 0. The lowest BCUT2D eigenvalue weighted by Gasteiger charge is -2.28. The average Bonchev–Trinajstić information content (AvgIpc) is 2.32. The first-order valence-corrected chi connectivity index (χ1v) is 6.89. The van der Waals surface area contributed by atoms with Crippen molar-refractivity contribution in [2.45, 2.75) is 51.9 Å². The van der Waals surface area contributed by atoms with E-state index >= 15 is 0 Å². The fraction of sp³-hybridized carbons (Fsp3) is 1.00. The van der Waals surface area contributed by atoms with Gasteiger partial charge in [-0.05, 0) is 32.6 Å². The molecule has 0 spiro atoms. The quantitative estimate of drug-likeness (QED) is 0.637. The molecule has 0 aromatic rings. The fourth-order valence-corrected chi connectivity index (χ4v) is 2.35. The van der Waals surface area contributed by atoms with Crippen LogP contribution < -0.4 is 5.32 Å². The highest BCUT2D eigenvalue weighted by atomic mass is 16.7. The van der Waals surface area contributed by atoms with Gasteiger partial charge in [0.05, 0.1) is 6.10 Å². The van der Waals surface area contributed by atoms with Crippen LogP contribution in [-0.4, -0.2) is 43.8 Å². The van der Waals surface area contributed by atoms with Crippen molar-refractivity contribution in [1.82, 2.24) is 5.32 Å². The first kappa shape index (κ1) is 14.9. The Kier molecular flexibility index (Phi) is 7.77. The summed E-state index contributed by atoms with van der Waals surface area (Å²) in [4.78, 5) is 0. The average molecular weight is 245 g/mol. The van der Waals surface area contributed by atoms with Crippen LogP contribution in [0.3, 0.4) is 0 Å². The molecular formula is C13H27NO3. The number of hydrogen-bond donors (Lipinski definition) is 2. The maximum atomic E-state index is 9.84. The van der Waals surface area contributed by atoms with Gasteiger partial charge in [-0.1, -0.05) is 12.8 Å². The van der Waals surface area contributed by atoms with E-state index in [1.165, 1.54) is 6.42 Å². The SMILES string of the molecule is CCOC(CNCC1CCCCC1O)OCC. The molecule has 2 N–H and O–H groups in total. The topological polar surface area (TPSA) is 50.7 Å². The fourth-order valence-electron chi connectivity index (χ4n) is 2.35. The van der Waals surface area contributed by atoms with Crippen LogP contribution in [0.4, 0.5) is 0 Å². The van der Waals surface area contributed by atoms with Crippen molar-refractivity contribution in [3.05, 3.63) is 0 Å². The summed E-state index contributed by atoms with van der Waals surface area (Å²) in [6.45, 7) is 6.83. The molecule has 0 aromatic heterocycles. The molecule has 1 saturated carbocycles. The highest BCUT2D eigenvalue weighted by Crippen LogP contribution is 2.23. The van der Waals surface area contributed by atoms with Crippen molar-refractivity contribution < 1.29 is 14.6 Å². The van der Waals surface area contributed by atoms with Gasteiger partial charge >= 0.3 is 0 Å². The number of aliphatic hydroxyl groups excluding tert-OH is 1. The van der Waals surface area contributed by atoms with Crippen molar-refractivity contribution in [3.8, 4) is 0 Å². The molecule has 0 heterocycles. The molecular weight excluding hydrogens is 218 g/mol. The highest BCUT2D eigenvalue weighted by molar-refractivity contribution is 4.76. The molecule has 0 bridgehead atoms. The first-order chi connectivity index (χ1) is 8.27.